The van der Waals surface area contributed by atoms with Crippen LogP contribution in [0.5, 0.6) is 0 Å². The van der Waals surface area contributed by atoms with E-state index in [4.69, 9.17) is 16.0 Å². The zero-order valence-electron chi connectivity index (χ0n) is 12.3. The molecule has 0 unspecified atom stereocenters. The predicted molar refractivity (Wildman–Crippen MR) is 84.1 cm³/mol. The maximum absolute atomic E-state index is 6.18. The molecule has 6 heteroatoms. The lowest BCUT2D eigenvalue weighted by atomic mass is 10.2. The largest absolute Gasteiger partial charge is 0.423 e. The Morgan fingerprint density at radius 3 is 2.76 bits per heavy atom. The molecular formula is C15H19ClN4O. The van der Waals surface area contributed by atoms with E-state index < -0.39 is 0 Å². The van der Waals surface area contributed by atoms with E-state index in [-0.39, 0.29) is 0 Å². The fourth-order valence-electron chi connectivity index (χ4n) is 2.63. The van der Waals surface area contributed by atoms with Crippen molar-refractivity contribution in [2.45, 2.75) is 26.3 Å². The molecule has 0 saturated heterocycles. The van der Waals surface area contributed by atoms with Gasteiger partial charge in [0.05, 0.1) is 17.9 Å². The molecule has 112 valence electrons. The second-order valence-corrected chi connectivity index (χ2v) is 5.71. The van der Waals surface area contributed by atoms with Crippen molar-refractivity contribution in [1.29, 1.82) is 0 Å². The quantitative estimate of drug-likeness (QED) is 0.872. The van der Waals surface area contributed by atoms with E-state index in [9.17, 15) is 0 Å². The van der Waals surface area contributed by atoms with Crippen molar-refractivity contribution >= 4 is 23.0 Å². The molecule has 0 N–H and O–H groups in total. The summed E-state index contributed by atoms with van der Waals surface area (Å²) in [6, 6.07) is 6.01. The third-order valence-electron chi connectivity index (χ3n) is 3.75. The lowest BCUT2D eigenvalue weighted by Gasteiger charge is -2.24. The van der Waals surface area contributed by atoms with E-state index in [0.29, 0.717) is 18.3 Å². The Labute approximate surface area is 129 Å². The smallest absolute Gasteiger partial charge is 0.235 e. The van der Waals surface area contributed by atoms with Gasteiger partial charge in [-0.25, -0.2) is 0 Å². The monoisotopic (exact) mass is 306 g/mol. The van der Waals surface area contributed by atoms with Crippen LogP contribution in [-0.4, -0.2) is 30.3 Å². The predicted octanol–water partition coefficient (Wildman–Crippen LogP) is 3.13. The van der Waals surface area contributed by atoms with E-state index in [1.165, 1.54) is 5.69 Å². The van der Waals surface area contributed by atoms with Crippen LogP contribution in [0.2, 0.25) is 5.02 Å². The minimum atomic E-state index is 0.619. The van der Waals surface area contributed by atoms with Crippen LogP contribution < -0.4 is 9.80 Å². The summed E-state index contributed by atoms with van der Waals surface area (Å²) in [7, 11) is 2.11. The number of fused-ring (bicyclic) bond motifs is 1. The standard InChI is InChI=1S/C15H19ClN4O/c1-3-14-17-18-15(21-14)10-20-8-4-7-19(2)12-6-5-11(16)9-13(12)20/h5-6,9H,3-4,7-8,10H2,1-2H3. The number of rotatable bonds is 3. The van der Waals surface area contributed by atoms with Crippen molar-refractivity contribution in [1.82, 2.24) is 10.2 Å². The zero-order chi connectivity index (χ0) is 14.8. The summed E-state index contributed by atoms with van der Waals surface area (Å²) in [5, 5.41) is 8.90. The van der Waals surface area contributed by atoms with Gasteiger partial charge in [-0.1, -0.05) is 18.5 Å². The van der Waals surface area contributed by atoms with Crippen LogP contribution >= 0.6 is 11.6 Å². The summed E-state index contributed by atoms with van der Waals surface area (Å²) in [6.45, 7) is 4.60. The number of halogens is 1. The molecule has 0 saturated carbocycles. The fourth-order valence-corrected chi connectivity index (χ4v) is 2.80. The van der Waals surface area contributed by atoms with Gasteiger partial charge >= 0.3 is 0 Å². The number of aromatic nitrogens is 2. The van der Waals surface area contributed by atoms with E-state index in [0.717, 1.165) is 36.6 Å². The number of benzene rings is 1. The molecular weight excluding hydrogens is 288 g/mol. The molecule has 1 aliphatic rings. The number of hydrogen-bond donors (Lipinski definition) is 0. The first kappa shape index (κ1) is 14.2. The van der Waals surface area contributed by atoms with Gasteiger partial charge in [-0.2, -0.15) is 0 Å². The molecule has 0 aliphatic carbocycles. The molecule has 0 amide bonds. The van der Waals surface area contributed by atoms with Crippen molar-refractivity contribution in [2.75, 3.05) is 29.9 Å². The number of aryl methyl sites for hydroxylation is 1. The molecule has 0 bridgehead atoms. The second-order valence-electron chi connectivity index (χ2n) is 5.27. The molecule has 1 aromatic carbocycles. The van der Waals surface area contributed by atoms with Crippen molar-refractivity contribution in [3.05, 3.63) is 35.0 Å². The van der Waals surface area contributed by atoms with Gasteiger partial charge in [0, 0.05) is 31.6 Å². The third kappa shape index (κ3) is 2.97. The van der Waals surface area contributed by atoms with Gasteiger partial charge in [-0.3, -0.25) is 0 Å². The highest BCUT2D eigenvalue weighted by Crippen LogP contribution is 2.34. The Morgan fingerprint density at radius 1 is 1.19 bits per heavy atom. The summed E-state index contributed by atoms with van der Waals surface area (Å²) in [6.07, 6.45) is 1.84. The highest BCUT2D eigenvalue weighted by atomic mass is 35.5. The minimum absolute atomic E-state index is 0.619. The summed E-state index contributed by atoms with van der Waals surface area (Å²) in [5.41, 5.74) is 2.31. The summed E-state index contributed by atoms with van der Waals surface area (Å²) in [4.78, 5) is 4.52. The van der Waals surface area contributed by atoms with Gasteiger partial charge in [0.1, 0.15) is 0 Å². The normalized spacial score (nSPS) is 15.0. The Balaban J connectivity index is 1.91. The summed E-state index contributed by atoms with van der Waals surface area (Å²) < 4.78 is 5.64. The fraction of sp³-hybridized carbons (Fsp3) is 0.467. The summed E-state index contributed by atoms with van der Waals surface area (Å²) in [5.74, 6) is 1.34. The first-order valence-electron chi connectivity index (χ1n) is 7.24. The van der Waals surface area contributed by atoms with Crippen molar-refractivity contribution in [3.8, 4) is 0 Å². The molecule has 5 nitrogen and oxygen atoms in total. The highest BCUT2D eigenvalue weighted by molar-refractivity contribution is 6.31. The third-order valence-corrected chi connectivity index (χ3v) is 3.98. The molecule has 2 heterocycles. The molecule has 0 spiro atoms. The average Bonchev–Trinajstić information content (AvgIpc) is 2.87. The zero-order valence-corrected chi connectivity index (χ0v) is 13.1. The van der Waals surface area contributed by atoms with Gasteiger partial charge in [0.25, 0.3) is 0 Å². The lowest BCUT2D eigenvalue weighted by Crippen LogP contribution is -2.23. The van der Waals surface area contributed by atoms with Gasteiger partial charge in [0.2, 0.25) is 11.8 Å². The molecule has 1 aromatic heterocycles. The van der Waals surface area contributed by atoms with Crippen LogP contribution in [-0.2, 0) is 13.0 Å². The molecule has 21 heavy (non-hydrogen) atoms. The number of hydrogen-bond acceptors (Lipinski definition) is 5. The molecule has 0 atom stereocenters. The Kier molecular flexibility index (Phi) is 4.01. The van der Waals surface area contributed by atoms with Crippen LogP contribution in [0.15, 0.2) is 22.6 Å². The van der Waals surface area contributed by atoms with Crippen LogP contribution in [0.1, 0.15) is 25.1 Å². The molecule has 3 rings (SSSR count). The van der Waals surface area contributed by atoms with Gasteiger partial charge < -0.3 is 14.2 Å². The summed E-state index contributed by atoms with van der Waals surface area (Å²) >= 11 is 6.18. The van der Waals surface area contributed by atoms with Crippen molar-refractivity contribution in [3.63, 3.8) is 0 Å². The van der Waals surface area contributed by atoms with Crippen molar-refractivity contribution in [2.24, 2.45) is 0 Å². The number of nitrogens with zero attached hydrogens (tertiary/aromatic N) is 4. The average molecular weight is 307 g/mol. The van der Waals surface area contributed by atoms with E-state index >= 15 is 0 Å². The Hall–Kier alpha value is -1.75. The van der Waals surface area contributed by atoms with Crippen molar-refractivity contribution < 1.29 is 4.42 Å². The van der Waals surface area contributed by atoms with E-state index in [1.54, 1.807) is 0 Å². The molecule has 0 radical (unpaired) electrons. The van der Waals surface area contributed by atoms with Crippen LogP contribution in [0.25, 0.3) is 0 Å². The maximum atomic E-state index is 6.18. The second kappa shape index (κ2) is 5.93. The van der Waals surface area contributed by atoms with E-state index in [2.05, 4.69) is 33.1 Å². The molecule has 0 fully saturated rings. The lowest BCUT2D eigenvalue weighted by molar-refractivity contribution is 0.449. The SMILES string of the molecule is CCc1nnc(CN2CCCN(C)c3ccc(Cl)cc32)o1. The first-order chi connectivity index (χ1) is 10.2. The molecule has 2 aromatic rings. The maximum Gasteiger partial charge on any atom is 0.235 e. The highest BCUT2D eigenvalue weighted by Gasteiger charge is 2.20. The van der Waals surface area contributed by atoms with Gasteiger partial charge in [-0.15, -0.1) is 10.2 Å². The minimum Gasteiger partial charge on any atom is -0.423 e. The van der Waals surface area contributed by atoms with Gasteiger partial charge in [0.15, 0.2) is 0 Å². The molecule has 1 aliphatic heterocycles. The Bertz CT molecular complexity index is 628. The topological polar surface area (TPSA) is 45.4 Å². The van der Waals surface area contributed by atoms with Crippen LogP contribution in [0.3, 0.4) is 0 Å². The number of anilines is 2. The Morgan fingerprint density at radius 2 is 2.00 bits per heavy atom. The van der Waals surface area contributed by atoms with E-state index in [1.807, 2.05) is 19.1 Å². The first-order valence-corrected chi connectivity index (χ1v) is 7.62. The van der Waals surface area contributed by atoms with Crippen LogP contribution in [0.4, 0.5) is 11.4 Å². The van der Waals surface area contributed by atoms with Crippen LogP contribution in [0, 0.1) is 0 Å². The van der Waals surface area contributed by atoms with Gasteiger partial charge in [-0.05, 0) is 24.6 Å².